The molecule has 0 unspecified atom stereocenters. The van der Waals surface area contributed by atoms with E-state index in [9.17, 15) is 0 Å². The lowest BCUT2D eigenvalue weighted by Gasteiger charge is -2.01. The number of rotatable bonds is 2. The zero-order valence-electron chi connectivity index (χ0n) is 9.63. The highest BCUT2D eigenvalue weighted by Gasteiger charge is 2.09. The molecule has 0 fully saturated rings. The molecule has 1 aromatic heterocycles. The van der Waals surface area contributed by atoms with Crippen LogP contribution in [0.15, 0.2) is 51.7 Å². The van der Waals surface area contributed by atoms with E-state index in [2.05, 4.69) is 11.1 Å². The van der Waals surface area contributed by atoms with Gasteiger partial charge in [0.15, 0.2) is 4.34 Å². The molecule has 0 N–H and O–H groups in total. The molecule has 0 atom stereocenters. The number of hydrogen-bond acceptors (Lipinski definition) is 4. The van der Waals surface area contributed by atoms with E-state index < -0.39 is 0 Å². The number of fused-ring (bicyclic) bond motifs is 1. The molecular formula is C14H7ClN2S2. The zero-order valence-corrected chi connectivity index (χ0v) is 12.0. The van der Waals surface area contributed by atoms with Gasteiger partial charge in [-0.25, -0.2) is 4.98 Å². The van der Waals surface area contributed by atoms with Crippen LogP contribution in [-0.2, 0) is 0 Å². The third kappa shape index (κ3) is 2.59. The summed E-state index contributed by atoms with van der Waals surface area (Å²) in [7, 11) is 0. The van der Waals surface area contributed by atoms with Gasteiger partial charge in [0, 0.05) is 9.92 Å². The van der Waals surface area contributed by atoms with Crippen LogP contribution in [0.3, 0.4) is 0 Å². The Morgan fingerprint density at radius 1 is 1.21 bits per heavy atom. The quantitative estimate of drug-likeness (QED) is 0.670. The standard InChI is InChI=1S/C14H7ClN2S2/c15-10-6-5-9(8-16)13(7-10)19-14-17-11-3-1-2-4-12(11)18-14/h1-7H. The highest BCUT2D eigenvalue weighted by molar-refractivity contribution is 8.01. The van der Waals surface area contributed by atoms with Crippen molar-refractivity contribution < 1.29 is 0 Å². The Morgan fingerprint density at radius 3 is 2.84 bits per heavy atom. The molecule has 1 heterocycles. The van der Waals surface area contributed by atoms with E-state index in [1.54, 1.807) is 29.5 Å². The van der Waals surface area contributed by atoms with E-state index in [4.69, 9.17) is 16.9 Å². The van der Waals surface area contributed by atoms with Gasteiger partial charge in [-0.2, -0.15) is 5.26 Å². The highest BCUT2D eigenvalue weighted by atomic mass is 35.5. The topological polar surface area (TPSA) is 36.7 Å². The second-order valence-electron chi connectivity index (χ2n) is 3.80. The molecule has 19 heavy (non-hydrogen) atoms. The van der Waals surface area contributed by atoms with Crippen molar-refractivity contribution in [3.05, 3.63) is 53.1 Å². The molecule has 0 aliphatic carbocycles. The van der Waals surface area contributed by atoms with E-state index in [0.717, 1.165) is 19.5 Å². The van der Waals surface area contributed by atoms with Crippen LogP contribution >= 0.6 is 34.7 Å². The molecule has 2 aromatic carbocycles. The van der Waals surface area contributed by atoms with Crippen molar-refractivity contribution in [2.45, 2.75) is 9.24 Å². The van der Waals surface area contributed by atoms with Crippen LogP contribution < -0.4 is 0 Å². The molecule has 2 nitrogen and oxygen atoms in total. The van der Waals surface area contributed by atoms with Crippen LogP contribution in [-0.4, -0.2) is 4.98 Å². The highest BCUT2D eigenvalue weighted by Crippen LogP contribution is 2.36. The fourth-order valence-corrected chi connectivity index (χ4v) is 4.04. The summed E-state index contributed by atoms with van der Waals surface area (Å²) >= 11 is 9.07. The lowest BCUT2D eigenvalue weighted by Crippen LogP contribution is -1.80. The Morgan fingerprint density at radius 2 is 2.05 bits per heavy atom. The Bertz CT molecular complexity index is 756. The first-order valence-electron chi connectivity index (χ1n) is 5.49. The van der Waals surface area contributed by atoms with Crippen molar-refractivity contribution in [2.75, 3.05) is 0 Å². The van der Waals surface area contributed by atoms with Crippen molar-refractivity contribution in [1.29, 1.82) is 5.26 Å². The number of nitrogens with zero attached hydrogens (tertiary/aromatic N) is 2. The minimum atomic E-state index is 0.619. The Kier molecular flexibility index (Phi) is 3.43. The van der Waals surface area contributed by atoms with Crippen LogP contribution in [0.4, 0.5) is 0 Å². The van der Waals surface area contributed by atoms with Gasteiger partial charge < -0.3 is 0 Å². The lowest BCUT2D eigenvalue weighted by molar-refractivity contribution is 1.28. The molecule has 0 saturated carbocycles. The summed E-state index contributed by atoms with van der Waals surface area (Å²) in [5.74, 6) is 0. The van der Waals surface area contributed by atoms with Crippen molar-refractivity contribution in [3.63, 3.8) is 0 Å². The first-order valence-corrected chi connectivity index (χ1v) is 7.50. The Labute approximate surface area is 123 Å². The summed E-state index contributed by atoms with van der Waals surface area (Å²) in [6.45, 7) is 0. The van der Waals surface area contributed by atoms with Crippen LogP contribution in [0.1, 0.15) is 5.56 Å². The first-order chi connectivity index (χ1) is 9.26. The van der Waals surface area contributed by atoms with E-state index in [0.29, 0.717) is 10.6 Å². The number of aromatic nitrogens is 1. The smallest absolute Gasteiger partial charge is 0.155 e. The zero-order chi connectivity index (χ0) is 13.2. The summed E-state index contributed by atoms with van der Waals surface area (Å²) in [6.07, 6.45) is 0. The fourth-order valence-electron chi connectivity index (χ4n) is 1.66. The minimum absolute atomic E-state index is 0.619. The van der Waals surface area contributed by atoms with Gasteiger partial charge in [-0.1, -0.05) is 35.5 Å². The predicted molar refractivity (Wildman–Crippen MR) is 79.9 cm³/mol. The fraction of sp³-hybridized carbons (Fsp3) is 0. The monoisotopic (exact) mass is 302 g/mol. The van der Waals surface area contributed by atoms with Gasteiger partial charge in [-0.05, 0) is 30.3 Å². The summed E-state index contributed by atoms with van der Waals surface area (Å²) in [6, 6.07) is 15.4. The number of thiazole rings is 1. The van der Waals surface area contributed by atoms with Crippen LogP contribution in [0, 0.1) is 11.3 Å². The molecule has 3 rings (SSSR count). The summed E-state index contributed by atoms with van der Waals surface area (Å²) in [5.41, 5.74) is 1.60. The first kappa shape index (κ1) is 12.5. The van der Waals surface area contributed by atoms with Gasteiger partial charge in [0.25, 0.3) is 0 Å². The maximum atomic E-state index is 9.10. The Balaban J connectivity index is 2.01. The molecule has 0 radical (unpaired) electrons. The third-order valence-electron chi connectivity index (χ3n) is 2.54. The van der Waals surface area contributed by atoms with E-state index in [1.807, 2.05) is 24.3 Å². The summed E-state index contributed by atoms with van der Waals surface area (Å²) < 4.78 is 2.06. The van der Waals surface area contributed by atoms with Crippen LogP contribution in [0.2, 0.25) is 5.02 Å². The second kappa shape index (κ2) is 5.22. The average Bonchev–Trinajstić information content (AvgIpc) is 2.81. The van der Waals surface area contributed by atoms with Crippen LogP contribution in [0.5, 0.6) is 0 Å². The molecule has 0 aliphatic rings. The van der Waals surface area contributed by atoms with E-state index in [1.165, 1.54) is 11.8 Å². The van der Waals surface area contributed by atoms with Crippen molar-refractivity contribution in [3.8, 4) is 6.07 Å². The second-order valence-corrected chi connectivity index (χ2v) is 6.56. The summed E-state index contributed by atoms with van der Waals surface area (Å²) in [4.78, 5) is 5.38. The normalized spacial score (nSPS) is 10.5. The number of hydrogen-bond donors (Lipinski definition) is 0. The van der Waals surface area contributed by atoms with E-state index in [-0.39, 0.29) is 0 Å². The largest absolute Gasteiger partial charge is 0.229 e. The Hall–Kier alpha value is -1.54. The molecule has 0 spiro atoms. The number of benzene rings is 2. The van der Waals surface area contributed by atoms with E-state index >= 15 is 0 Å². The third-order valence-corrected chi connectivity index (χ3v) is 4.93. The van der Waals surface area contributed by atoms with Crippen molar-refractivity contribution in [2.24, 2.45) is 0 Å². The molecule has 3 aromatic rings. The number of para-hydroxylation sites is 1. The SMILES string of the molecule is N#Cc1ccc(Cl)cc1Sc1nc2ccccc2s1. The molecule has 5 heteroatoms. The van der Waals surface area contributed by atoms with Crippen molar-refractivity contribution >= 4 is 44.9 Å². The number of nitriles is 1. The molecule has 0 amide bonds. The van der Waals surface area contributed by atoms with Gasteiger partial charge >= 0.3 is 0 Å². The maximum absolute atomic E-state index is 9.10. The minimum Gasteiger partial charge on any atom is -0.229 e. The van der Waals surface area contributed by atoms with Crippen molar-refractivity contribution in [1.82, 2.24) is 4.98 Å². The maximum Gasteiger partial charge on any atom is 0.155 e. The van der Waals surface area contributed by atoms with Gasteiger partial charge in [-0.15, -0.1) is 11.3 Å². The van der Waals surface area contributed by atoms with Crippen LogP contribution in [0.25, 0.3) is 10.2 Å². The van der Waals surface area contributed by atoms with Gasteiger partial charge in [0.2, 0.25) is 0 Å². The molecule has 0 bridgehead atoms. The lowest BCUT2D eigenvalue weighted by atomic mass is 10.2. The molecule has 0 aliphatic heterocycles. The van der Waals surface area contributed by atoms with Gasteiger partial charge in [0.05, 0.1) is 15.8 Å². The summed E-state index contributed by atoms with van der Waals surface area (Å²) in [5, 5.41) is 9.73. The average molecular weight is 303 g/mol. The molecule has 0 saturated heterocycles. The predicted octanol–water partition coefficient (Wildman–Crippen LogP) is 4.97. The van der Waals surface area contributed by atoms with Gasteiger partial charge in [0.1, 0.15) is 6.07 Å². The molecule has 92 valence electrons. The number of halogens is 1. The molecular weight excluding hydrogens is 296 g/mol. The van der Waals surface area contributed by atoms with Gasteiger partial charge in [-0.3, -0.25) is 0 Å².